The summed E-state index contributed by atoms with van der Waals surface area (Å²) in [6.07, 6.45) is 8.39. The first-order valence-corrected chi connectivity index (χ1v) is 10.7. The summed E-state index contributed by atoms with van der Waals surface area (Å²) in [5, 5.41) is 9.29. The largest absolute Gasteiger partial charge is 0.490 e. The van der Waals surface area contributed by atoms with Gasteiger partial charge in [-0.25, -0.2) is 4.39 Å². The van der Waals surface area contributed by atoms with Crippen LogP contribution in [0.5, 0.6) is 5.75 Å². The van der Waals surface area contributed by atoms with Crippen LogP contribution >= 0.6 is 0 Å². The van der Waals surface area contributed by atoms with Gasteiger partial charge in [0, 0.05) is 5.56 Å². The molecule has 31 heavy (non-hydrogen) atoms. The quantitative estimate of drug-likeness (QED) is 0.278. The molecule has 3 aromatic carbocycles. The summed E-state index contributed by atoms with van der Waals surface area (Å²) in [6, 6.07) is 20.8. The zero-order valence-corrected chi connectivity index (χ0v) is 17.9. The van der Waals surface area contributed by atoms with Crippen molar-refractivity contribution in [1.82, 2.24) is 0 Å². The van der Waals surface area contributed by atoms with Crippen molar-refractivity contribution in [3.63, 3.8) is 0 Å². The lowest BCUT2D eigenvalue weighted by molar-refractivity contribution is 0.182. The van der Waals surface area contributed by atoms with E-state index in [1.165, 1.54) is 0 Å². The van der Waals surface area contributed by atoms with E-state index in [0.717, 1.165) is 47.3 Å². The minimum absolute atomic E-state index is 0.241. The second-order valence-electron chi connectivity index (χ2n) is 7.62. The molecule has 0 saturated heterocycles. The second kappa shape index (κ2) is 11.3. The maximum atomic E-state index is 14.8. The first kappa shape index (κ1) is 22.5. The van der Waals surface area contributed by atoms with Gasteiger partial charge in [0.1, 0.15) is 18.2 Å². The van der Waals surface area contributed by atoms with Gasteiger partial charge in [-0.2, -0.15) is 0 Å². The van der Waals surface area contributed by atoms with Gasteiger partial charge in [0.25, 0.3) is 0 Å². The Morgan fingerprint density at radius 1 is 0.968 bits per heavy atom. The highest BCUT2D eigenvalue weighted by Crippen LogP contribution is 2.29. The van der Waals surface area contributed by atoms with E-state index in [1.54, 1.807) is 12.1 Å². The molecule has 0 aliphatic rings. The van der Waals surface area contributed by atoms with E-state index < -0.39 is 0 Å². The molecule has 3 rings (SSSR count). The molecule has 0 fully saturated rings. The number of ether oxygens (including phenoxy) is 1. The van der Waals surface area contributed by atoms with Crippen molar-refractivity contribution in [1.29, 1.82) is 0 Å². The zero-order chi connectivity index (χ0) is 22.1. The molecule has 0 amide bonds. The smallest absolute Gasteiger partial charge is 0.131 e. The summed E-state index contributed by atoms with van der Waals surface area (Å²) in [6.45, 7) is 5.89. The van der Waals surface area contributed by atoms with Crippen LogP contribution in [0.25, 0.3) is 28.3 Å². The van der Waals surface area contributed by atoms with E-state index in [0.29, 0.717) is 12.2 Å². The second-order valence-corrected chi connectivity index (χ2v) is 7.62. The SMILES string of the molecule is C=CCOc1ccc(-c2ccc(-c3ccc(/C=C/CCCC(C)O)cc3)cc2F)cc1. The summed E-state index contributed by atoms with van der Waals surface area (Å²) in [5.41, 5.74) is 4.31. The highest BCUT2D eigenvalue weighted by Gasteiger charge is 2.08. The van der Waals surface area contributed by atoms with Crippen LogP contribution < -0.4 is 4.74 Å². The maximum absolute atomic E-state index is 14.8. The van der Waals surface area contributed by atoms with Gasteiger partial charge in [-0.15, -0.1) is 0 Å². The molecule has 0 aromatic heterocycles. The molecule has 3 heteroatoms. The predicted molar refractivity (Wildman–Crippen MR) is 128 cm³/mol. The Bertz CT molecular complexity index is 1000. The molecular weight excluding hydrogens is 387 g/mol. The summed E-state index contributed by atoms with van der Waals surface area (Å²) in [4.78, 5) is 0. The van der Waals surface area contributed by atoms with Gasteiger partial charge in [-0.1, -0.05) is 73.3 Å². The molecular formula is C28H29FO2. The Morgan fingerprint density at radius 3 is 2.29 bits per heavy atom. The topological polar surface area (TPSA) is 29.5 Å². The Balaban J connectivity index is 1.66. The molecule has 0 aliphatic carbocycles. The molecule has 0 saturated carbocycles. The van der Waals surface area contributed by atoms with Gasteiger partial charge in [-0.05, 0) is 66.6 Å². The predicted octanol–water partition coefficient (Wildman–Crippen LogP) is 7.29. The molecule has 0 radical (unpaired) electrons. The molecule has 2 nitrogen and oxygen atoms in total. The molecule has 3 aromatic rings. The third-order valence-corrected chi connectivity index (χ3v) is 5.05. The monoisotopic (exact) mass is 416 g/mol. The van der Waals surface area contributed by atoms with Gasteiger partial charge in [0.05, 0.1) is 6.10 Å². The molecule has 1 unspecified atom stereocenters. The molecule has 0 heterocycles. The van der Waals surface area contributed by atoms with Gasteiger partial charge in [-0.3, -0.25) is 0 Å². The molecule has 0 spiro atoms. The average molecular weight is 417 g/mol. The van der Waals surface area contributed by atoms with Crippen molar-refractivity contribution < 1.29 is 14.2 Å². The van der Waals surface area contributed by atoms with Crippen molar-refractivity contribution in [2.45, 2.75) is 32.3 Å². The lowest BCUT2D eigenvalue weighted by Crippen LogP contribution is -1.97. The highest BCUT2D eigenvalue weighted by atomic mass is 19.1. The molecule has 1 N–H and O–H groups in total. The van der Waals surface area contributed by atoms with Crippen LogP contribution in [0, 0.1) is 5.82 Å². The van der Waals surface area contributed by atoms with Gasteiger partial charge in [0.15, 0.2) is 0 Å². The summed E-state index contributed by atoms with van der Waals surface area (Å²) in [5.74, 6) is 0.483. The van der Waals surface area contributed by atoms with E-state index in [4.69, 9.17) is 4.74 Å². The van der Waals surface area contributed by atoms with Gasteiger partial charge < -0.3 is 9.84 Å². The lowest BCUT2D eigenvalue weighted by atomic mass is 9.99. The van der Waals surface area contributed by atoms with Crippen LogP contribution in [0.1, 0.15) is 31.7 Å². The van der Waals surface area contributed by atoms with Gasteiger partial charge >= 0.3 is 0 Å². The van der Waals surface area contributed by atoms with Crippen molar-refractivity contribution >= 4 is 6.08 Å². The lowest BCUT2D eigenvalue weighted by Gasteiger charge is -2.09. The van der Waals surface area contributed by atoms with Crippen molar-refractivity contribution in [3.8, 4) is 28.0 Å². The summed E-state index contributed by atoms with van der Waals surface area (Å²) >= 11 is 0. The normalized spacial score (nSPS) is 12.1. The fourth-order valence-electron chi connectivity index (χ4n) is 3.35. The molecule has 0 bridgehead atoms. The Hall–Kier alpha value is -3.17. The number of hydrogen-bond acceptors (Lipinski definition) is 2. The minimum Gasteiger partial charge on any atom is -0.490 e. The first-order valence-electron chi connectivity index (χ1n) is 10.7. The number of halogens is 1. The number of unbranched alkanes of at least 4 members (excludes halogenated alkanes) is 1. The highest BCUT2D eigenvalue weighted by molar-refractivity contribution is 5.72. The van der Waals surface area contributed by atoms with Crippen LogP contribution in [-0.2, 0) is 0 Å². The van der Waals surface area contributed by atoms with Crippen LogP contribution in [0.15, 0.2) is 85.5 Å². The fourth-order valence-corrected chi connectivity index (χ4v) is 3.35. The number of rotatable bonds is 10. The summed E-state index contributed by atoms with van der Waals surface area (Å²) < 4.78 is 20.3. The number of allylic oxidation sites excluding steroid dienone is 1. The van der Waals surface area contributed by atoms with Crippen LogP contribution in [0.3, 0.4) is 0 Å². The number of benzene rings is 3. The fraction of sp³-hybridized carbons (Fsp3) is 0.214. The number of hydrogen-bond donors (Lipinski definition) is 1. The first-order chi connectivity index (χ1) is 15.1. The van der Waals surface area contributed by atoms with E-state index in [-0.39, 0.29) is 11.9 Å². The average Bonchev–Trinajstić information content (AvgIpc) is 2.78. The maximum Gasteiger partial charge on any atom is 0.131 e. The van der Waals surface area contributed by atoms with E-state index in [9.17, 15) is 9.50 Å². The van der Waals surface area contributed by atoms with Crippen LogP contribution in [0.4, 0.5) is 4.39 Å². The molecule has 160 valence electrons. The molecule has 0 aliphatic heterocycles. The Kier molecular flexibility index (Phi) is 8.19. The van der Waals surface area contributed by atoms with Gasteiger partial charge in [0.2, 0.25) is 0 Å². The summed E-state index contributed by atoms with van der Waals surface area (Å²) in [7, 11) is 0. The third-order valence-electron chi connectivity index (χ3n) is 5.05. The number of aliphatic hydroxyl groups excluding tert-OH is 1. The minimum atomic E-state index is -0.251. The van der Waals surface area contributed by atoms with Crippen molar-refractivity contribution in [2.24, 2.45) is 0 Å². The van der Waals surface area contributed by atoms with Crippen molar-refractivity contribution in [3.05, 3.63) is 96.8 Å². The zero-order valence-electron chi connectivity index (χ0n) is 17.9. The number of aliphatic hydroxyl groups is 1. The molecule has 1 atom stereocenters. The van der Waals surface area contributed by atoms with Crippen molar-refractivity contribution in [2.75, 3.05) is 6.61 Å². The van der Waals surface area contributed by atoms with Crippen LogP contribution in [0.2, 0.25) is 0 Å². The van der Waals surface area contributed by atoms with E-state index >= 15 is 0 Å². The van der Waals surface area contributed by atoms with E-state index in [2.05, 4.69) is 18.7 Å². The van der Waals surface area contributed by atoms with E-state index in [1.807, 2.05) is 67.6 Å². The van der Waals surface area contributed by atoms with Crippen LogP contribution in [-0.4, -0.2) is 17.8 Å². The Labute approximate surface area is 184 Å². The Morgan fingerprint density at radius 2 is 1.65 bits per heavy atom. The standard InChI is InChI=1S/C28H29FO2/c1-3-19-31-26-16-13-24(14-17-26)27-18-15-25(20-28(27)29)23-11-9-22(10-12-23)8-6-4-5-7-21(2)30/h3,6,8-18,20-21,30H,1,4-5,7,19H2,2H3/b8-6+. The third kappa shape index (κ3) is 6.66.